The molecule has 3 rings (SSSR count). The van der Waals surface area contributed by atoms with E-state index in [9.17, 15) is 18.5 Å². The Morgan fingerprint density at radius 1 is 1.21 bits per heavy atom. The maximum Gasteiger partial charge on any atom is 0.311 e. The van der Waals surface area contributed by atoms with Crippen molar-refractivity contribution >= 4 is 44.4 Å². The Labute approximate surface area is 172 Å². The van der Waals surface area contributed by atoms with E-state index in [1.54, 1.807) is 29.2 Å². The van der Waals surface area contributed by atoms with Gasteiger partial charge in [0.1, 0.15) is 22.4 Å². The molecule has 1 atom stereocenters. The van der Waals surface area contributed by atoms with Crippen LogP contribution in [0.3, 0.4) is 0 Å². The average molecular weight is 445 g/mol. The molecule has 7 nitrogen and oxygen atoms in total. The van der Waals surface area contributed by atoms with Crippen LogP contribution in [0.15, 0.2) is 41.3 Å². The summed E-state index contributed by atoms with van der Waals surface area (Å²) in [5, 5.41) is 12.4. The fraction of sp³-hybridized carbons (Fsp3) is 0.333. The van der Waals surface area contributed by atoms with Crippen molar-refractivity contribution in [2.24, 2.45) is 0 Å². The van der Waals surface area contributed by atoms with Crippen molar-refractivity contribution in [1.82, 2.24) is 0 Å². The molecule has 1 aliphatic rings. The van der Waals surface area contributed by atoms with Gasteiger partial charge in [0.2, 0.25) is 0 Å². The highest BCUT2D eigenvalue weighted by molar-refractivity contribution is 7.90. The molecule has 0 aliphatic carbocycles. The highest BCUT2D eigenvalue weighted by Gasteiger charge is 2.31. The second-order valence-electron chi connectivity index (χ2n) is 6.56. The number of nitro benzene ring substituents is 1. The summed E-state index contributed by atoms with van der Waals surface area (Å²) < 4.78 is 29.9. The predicted molar refractivity (Wildman–Crippen MR) is 109 cm³/mol. The third-order valence-electron chi connectivity index (χ3n) is 4.47. The smallest absolute Gasteiger partial charge is 0.311 e. The summed E-state index contributed by atoms with van der Waals surface area (Å²) in [6, 6.07) is 9.30. The van der Waals surface area contributed by atoms with E-state index in [0.717, 1.165) is 19.1 Å². The number of benzene rings is 2. The van der Waals surface area contributed by atoms with E-state index in [1.165, 1.54) is 12.1 Å². The number of para-hydroxylation sites is 1. The number of nitrogens with zero attached hydrogens (tertiary/aromatic N) is 2. The maximum atomic E-state index is 12.0. The minimum absolute atomic E-state index is 0.229. The molecule has 0 bridgehead atoms. The van der Waals surface area contributed by atoms with Gasteiger partial charge >= 0.3 is 5.69 Å². The van der Waals surface area contributed by atoms with E-state index in [2.05, 4.69) is 0 Å². The fourth-order valence-electron chi connectivity index (χ4n) is 3.24. The van der Waals surface area contributed by atoms with Crippen LogP contribution in [-0.4, -0.2) is 38.8 Å². The van der Waals surface area contributed by atoms with Gasteiger partial charge in [-0.15, -0.1) is 0 Å². The Morgan fingerprint density at radius 3 is 2.61 bits per heavy atom. The van der Waals surface area contributed by atoms with E-state index in [1.807, 2.05) is 0 Å². The molecule has 2 aromatic rings. The summed E-state index contributed by atoms with van der Waals surface area (Å²) in [7, 11) is -3.74. The lowest BCUT2D eigenvalue weighted by Crippen LogP contribution is -2.41. The van der Waals surface area contributed by atoms with Crippen molar-refractivity contribution in [3.63, 3.8) is 0 Å². The van der Waals surface area contributed by atoms with Gasteiger partial charge in [-0.2, -0.15) is 0 Å². The quantitative estimate of drug-likeness (QED) is 0.502. The van der Waals surface area contributed by atoms with Gasteiger partial charge in [-0.25, -0.2) is 8.42 Å². The van der Waals surface area contributed by atoms with E-state index < -0.39 is 20.4 Å². The number of halogens is 2. The van der Waals surface area contributed by atoms with Crippen molar-refractivity contribution in [2.75, 3.05) is 24.2 Å². The lowest BCUT2D eigenvalue weighted by molar-refractivity contribution is -0.387. The number of sulfone groups is 1. The molecule has 1 heterocycles. The van der Waals surface area contributed by atoms with E-state index in [4.69, 9.17) is 27.9 Å². The van der Waals surface area contributed by atoms with Crippen LogP contribution < -0.4 is 9.64 Å². The lowest BCUT2D eigenvalue weighted by atomic mass is 10.1. The van der Waals surface area contributed by atoms with Crippen LogP contribution in [0.1, 0.15) is 12.8 Å². The molecule has 28 heavy (non-hydrogen) atoms. The van der Waals surface area contributed by atoms with E-state index in [0.29, 0.717) is 28.9 Å². The van der Waals surface area contributed by atoms with Crippen LogP contribution in [0.4, 0.5) is 11.4 Å². The maximum absolute atomic E-state index is 12.0. The third-order valence-corrected chi connectivity index (χ3v) is 6.34. The summed E-state index contributed by atoms with van der Waals surface area (Å²) in [5.41, 5.74) is -0.129. The predicted octanol–water partition coefficient (Wildman–Crippen LogP) is 4.35. The Balaban J connectivity index is 1.88. The number of hydrogen-bond donors (Lipinski definition) is 0. The second-order valence-corrected chi connectivity index (χ2v) is 9.36. The van der Waals surface area contributed by atoms with Crippen LogP contribution in [0.25, 0.3) is 0 Å². The summed E-state index contributed by atoms with van der Waals surface area (Å²) in [6.07, 6.45) is 2.24. The second kappa shape index (κ2) is 8.14. The number of hydrogen-bond acceptors (Lipinski definition) is 6. The first-order valence-corrected chi connectivity index (χ1v) is 11.2. The monoisotopic (exact) mass is 444 g/mol. The standard InChI is InChI=1S/C18H18Cl2N2O5S/c1-28(25,26)17-6-2-5-16(18(17)22(23)24)21-9-3-4-13(11-21)27-12-7-8-14(19)15(20)10-12/h2,5-8,10,13H,3-4,9,11H2,1H3. The topological polar surface area (TPSA) is 89.8 Å². The molecule has 0 N–H and O–H groups in total. The zero-order chi connectivity index (χ0) is 20.5. The molecule has 0 spiro atoms. The first-order valence-electron chi connectivity index (χ1n) is 8.51. The molecule has 0 saturated carbocycles. The largest absolute Gasteiger partial charge is 0.489 e. The van der Waals surface area contributed by atoms with Gasteiger partial charge in [0.05, 0.1) is 21.5 Å². The SMILES string of the molecule is CS(=O)(=O)c1cccc(N2CCCC(Oc3ccc(Cl)c(Cl)c3)C2)c1[N+](=O)[O-]. The van der Waals surface area contributed by atoms with Crippen molar-refractivity contribution in [1.29, 1.82) is 0 Å². The van der Waals surface area contributed by atoms with Gasteiger partial charge in [0.15, 0.2) is 9.84 Å². The highest BCUT2D eigenvalue weighted by atomic mass is 35.5. The van der Waals surface area contributed by atoms with Crippen LogP contribution in [0.5, 0.6) is 5.75 Å². The number of rotatable bonds is 5. The van der Waals surface area contributed by atoms with Crippen LogP contribution in [0.2, 0.25) is 10.0 Å². The Kier molecular flexibility index (Phi) is 6.02. The average Bonchev–Trinajstić information content (AvgIpc) is 2.63. The molecule has 0 amide bonds. The molecule has 1 aliphatic heterocycles. The van der Waals surface area contributed by atoms with Crippen molar-refractivity contribution in [3.05, 3.63) is 56.6 Å². The Bertz CT molecular complexity index is 1010. The lowest BCUT2D eigenvalue weighted by Gasteiger charge is -2.34. The highest BCUT2D eigenvalue weighted by Crippen LogP contribution is 2.36. The normalized spacial score (nSPS) is 17.4. The summed E-state index contributed by atoms with van der Waals surface area (Å²) in [6.45, 7) is 0.948. The van der Waals surface area contributed by atoms with Gasteiger partial charge in [-0.1, -0.05) is 29.3 Å². The zero-order valence-corrected chi connectivity index (χ0v) is 17.3. The summed E-state index contributed by atoms with van der Waals surface area (Å²) in [4.78, 5) is 12.5. The summed E-state index contributed by atoms with van der Waals surface area (Å²) >= 11 is 11.9. The van der Waals surface area contributed by atoms with E-state index >= 15 is 0 Å². The van der Waals surface area contributed by atoms with Crippen molar-refractivity contribution in [3.8, 4) is 5.75 Å². The Morgan fingerprint density at radius 2 is 1.96 bits per heavy atom. The molecular formula is C18H18Cl2N2O5S. The van der Waals surface area contributed by atoms with Gasteiger partial charge in [-0.3, -0.25) is 10.1 Å². The molecular weight excluding hydrogens is 427 g/mol. The minimum atomic E-state index is -3.74. The molecule has 1 fully saturated rings. The van der Waals surface area contributed by atoms with E-state index in [-0.39, 0.29) is 16.7 Å². The van der Waals surface area contributed by atoms with Crippen molar-refractivity contribution < 1.29 is 18.1 Å². The van der Waals surface area contributed by atoms with Crippen LogP contribution in [-0.2, 0) is 9.84 Å². The first kappa shape index (κ1) is 20.7. The minimum Gasteiger partial charge on any atom is -0.489 e. The number of nitro groups is 1. The van der Waals surface area contributed by atoms with Gasteiger partial charge < -0.3 is 9.64 Å². The van der Waals surface area contributed by atoms with Gasteiger partial charge in [0.25, 0.3) is 0 Å². The Hall–Kier alpha value is -2.03. The molecule has 1 unspecified atom stereocenters. The first-order chi connectivity index (χ1) is 13.2. The zero-order valence-electron chi connectivity index (χ0n) is 15.0. The van der Waals surface area contributed by atoms with Crippen LogP contribution >= 0.6 is 23.2 Å². The van der Waals surface area contributed by atoms with Crippen molar-refractivity contribution in [2.45, 2.75) is 23.8 Å². The molecule has 10 heteroatoms. The fourth-order valence-corrected chi connectivity index (χ4v) is 4.39. The molecule has 0 aromatic heterocycles. The van der Waals surface area contributed by atoms with Gasteiger partial charge in [-0.05, 0) is 37.1 Å². The third kappa shape index (κ3) is 4.51. The summed E-state index contributed by atoms with van der Waals surface area (Å²) in [5.74, 6) is 0.556. The molecule has 2 aromatic carbocycles. The number of piperidine rings is 1. The van der Waals surface area contributed by atoms with Gasteiger partial charge in [0, 0.05) is 18.9 Å². The molecule has 0 radical (unpaired) electrons. The molecule has 1 saturated heterocycles. The van der Waals surface area contributed by atoms with Crippen LogP contribution in [0, 0.1) is 10.1 Å². The molecule has 150 valence electrons. The number of ether oxygens (including phenoxy) is 1. The number of anilines is 1.